The number of Topliss-reactive ketones (excluding diaryl/α,β-unsaturated/α-hetero) is 1. The first-order valence-electron chi connectivity index (χ1n) is 6.97. The van der Waals surface area contributed by atoms with Gasteiger partial charge in [0.2, 0.25) is 0 Å². The second-order valence-electron chi connectivity index (χ2n) is 5.91. The molecule has 3 nitrogen and oxygen atoms in total. The molecule has 1 rings (SSSR count). The molecule has 0 unspecified atom stereocenters. The van der Waals surface area contributed by atoms with E-state index in [1.807, 2.05) is 13.8 Å². The molecule has 1 aliphatic rings. The zero-order valence-corrected chi connectivity index (χ0v) is 11.2. The normalized spacial score (nSPS) is 21.5. The minimum atomic E-state index is -0.959. The Morgan fingerprint density at radius 2 is 1.88 bits per heavy atom. The van der Waals surface area contributed by atoms with E-state index in [1.165, 1.54) is 32.1 Å². The van der Waals surface area contributed by atoms with Crippen LogP contribution in [0, 0.1) is 11.8 Å². The molecule has 0 saturated heterocycles. The highest BCUT2D eigenvalue weighted by Crippen LogP contribution is 2.27. The van der Waals surface area contributed by atoms with Gasteiger partial charge >= 0.3 is 0 Å². The van der Waals surface area contributed by atoms with E-state index in [2.05, 4.69) is 0 Å². The fourth-order valence-corrected chi connectivity index (χ4v) is 2.70. The number of hydrogen-bond donors (Lipinski definition) is 2. The Bertz CT molecular complexity index is 234. The summed E-state index contributed by atoms with van der Waals surface area (Å²) >= 11 is 0. The van der Waals surface area contributed by atoms with E-state index in [1.54, 1.807) is 0 Å². The molecular formula is C14H27NO2. The molecule has 3 heteroatoms. The largest absolute Gasteiger partial charge is 0.384 e. The zero-order valence-electron chi connectivity index (χ0n) is 11.2. The standard InChI is InChI=1S/C14H27NO2/c1-10(2)8-13(16)14(17)12(15)9-11-6-4-3-5-7-11/h10-12,14,17H,3-9,15H2,1-2H3/t12-,14+/m0/s1. The van der Waals surface area contributed by atoms with E-state index in [0.717, 1.165) is 6.42 Å². The predicted octanol–water partition coefficient (Wildman–Crippen LogP) is 2.26. The average Bonchev–Trinajstić information content (AvgIpc) is 2.28. The molecule has 1 saturated carbocycles. The van der Waals surface area contributed by atoms with Crippen molar-refractivity contribution in [3.63, 3.8) is 0 Å². The Hall–Kier alpha value is -0.410. The van der Waals surface area contributed by atoms with Crippen LogP contribution >= 0.6 is 0 Å². The molecule has 0 bridgehead atoms. The van der Waals surface area contributed by atoms with E-state index in [4.69, 9.17) is 5.73 Å². The number of nitrogens with two attached hydrogens (primary N) is 1. The summed E-state index contributed by atoms with van der Waals surface area (Å²) in [6.07, 6.45) is 6.54. The van der Waals surface area contributed by atoms with Crippen molar-refractivity contribution >= 4 is 5.78 Å². The number of hydrogen-bond acceptors (Lipinski definition) is 3. The lowest BCUT2D eigenvalue weighted by Crippen LogP contribution is -2.42. The molecule has 0 aliphatic heterocycles. The van der Waals surface area contributed by atoms with Gasteiger partial charge in [-0.1, -0.05) is 46.0 Å². The van der Waals surface area contributed by atoms with Crippen molar-refractivity contribution in [1.29, 1.82) is 0 Å². The van der Waals surface area contributed by atoms with Crippen LogP contribution in [0.1, 0.15) is 58.8 Å². The lowest BCUT2D eigenvalue weighted by molar-refractivity contribution is -0.129. The van der Waals surface area contributed by atoms with Crippen LogP contribution in [0.25, 0.3) is 0 Å². The summed E-state index contributed by atoms with van der Waals surface area (Å²) in [5, 5.41) is 9.89. The van der Waals surface area contributed by atoms with E-state index in [9.17, 15) is 9.90 Å². The van der Waals surface area contributed by atoms with Gasteiger partial charge in [0.05, 0.1) is 0 Å². The summed E-state index contributed by atoms with van der Waals surface area (Å²) in [6, 6.07) is -0.371. The third-order valence-electron chi connectivity index (χ3n) is 3.68. The van der Waals surface area contributed by atoms with Gasteiger partial charge in [0.25, 0.3) is 0 Å². The van der Waals surface area contributed by atoms with E-state index in [-0.39, 0.29) is 11.8 Å². The van der Waals surface area contributed by atoms with Crippen molar-refractivity contribution in [3.8, 4) is 0 Å². The number of aliphatic hydroxyl groups excluding tert-OH is 1. The highest BCUT2D eigenvalue weighted by atomic mass is 16.3. The van der Waals surface area contributed by atoms with Crippen molar-refractivity contribution in [2.75, 3.05) is 0 Å². The van der Waals surface area contributed by atoms with Crippen molar-refractivity contribution in [1.82, 2.24) is 0 Å². The number of ketones is 1. The van der Waals surface area contributed by atoms with Crippen LogP contribution in [0.4, 0.5) is 0 Å². The second kappa shape index (κ2) is 7.12. The Kier molecular flexibility index (Phi) is 6.14. The maximum absolute atomic E-state index is 11.7. The predicted molar refractivity (Wildman–Crippen MR) is 69.6 cm³/mol. The molecule has 0 heterocycles. The van der Waals surface area contributed by atoms with Crippen LogP contribution in [-0.2, 0) is 4.79 Å². The van der Waals surface area contributed by atoms with Gasteiger partial charge in [-0.3, -0.25) is 4.79 Å². The van der Waals surface area contributed by atoms with Crippen LogP contribution in [0.2, 0.25) is 0 Å². The van der Waals surface area contributed by atoms with Gasteiger partial charge in [0.15, 0.2) is 5.78 Å². The van der Waals surface area contributed by atoms with Crippen molar-refractivity contribution in [2.45, 2.75) is 70.9 Å². The molecule has 1 aliphatic carbocycles. The molecule has 3 N–H and O–H groups in total. The van der Waals surface area contributed by atoms with Crippen molar-refractivity contribution in [2.24, 2.45) is 17.6 Å². The summed E-state index contributed by atoms with van der Waals surface area (Å²) in [4.78, 5) is 11.7. The first-order valence-corrected chi connectivity index (χ1v) is 6.97. The molecule has 1 fully saturated rings. The van der Waals surface area contributed by atoms with Crippen LogP contribution < -0.4 is 5.73 Å². The average molecular weight is 241 g/mol. The first kappa shape index (κ1) is 14.7. The number of aliphatic hydroxyl groups is 1. The summed E-state index contributed by atoms with van der Waals surface area (Å²) in [5.41, 5.74) is 5.95. The topological polar surface area (TPSA) is 63.3 Å². The lowest BCUT2D eigenvalue weighted by atomic mass is 9.83. The minimum Gasteiger partial charge on any atom is -0.384 e. The Balaban J connectivity index is 2.34. The Labute approximate surface area is 105 Å². The Morgan fingerprint density at radius 1 is 1.29 bits per heavy atom. The third-order valence-corrected chi connectivity index (χ3v) is 3.68. The lowest BCUT2D eigenvalue weighted by Gasteiger charge is -2.26. The molecule has 100 valence electrons. The summed E-state index contributed by atoms with van der Waals surface area (Å²) in [7, 11) is 0. The van der Waals surface area contributed by atoms with E-state index >= 15 is 0 Å². The highest BCUT2D eigenvalue weighted by Gasteiger charge is 2.26. The molecule has 0 aromatic heterocycles. The van der Waals surface area contributed by atoms with Crippen LogP contribution in [0.5, 0.6) is 0 Å². The number of carbonyl (C=O) groups excluding carboxylic acids is 1. The van der Waals surface area contributed by atoms with E-state index < -0.39 is 6.10 Å². The van der Waals surface area contributed by atoms with Gasteiger partial charge in [-0.05, 0) is 18.3 Å². The second-order valence-corrected chi connectivity index (χ2v) is 5.91. The molecule has 2 atom stereocenters. The first-order chi connectivity index (χ1) is 8.00. The van der Waals surface area contributed by atoms with Gasteiger partial charge in [-0.2, -0.15) is 0 Å². The molecule has 17 heavy (non-hydrogen) atoms. The van der Waals surface area contributed by atoms with Gasteiger partial charge in [0.1, 0.15) is 6.10 Å². The van der Waals surface area contributed by atoms with Crippen LogP contribution in [-0.4, -0.2) is 23.0 Å². The molecule has 0 spiro atoms. The summed E-state index contributed by atoms with van der Waals surface area (Å²) in [6.45, 7) is 3.97. The monoisotopic (exact) mass is 241 g/mol. The maximum Gasteiger partial charge on any atom is 0.163 e. The maximum atomic E-state index is 11.7. The van der Waals surface area contributed by atoms with Crippen LogP contribution in [0.15, 0.2) is 0 Å². The molecular weight excluding hydrogens is 214 g/mol. The number of carbonyl (C=O) groups is 1. The van der Waals surface area contributed by atoms with E-state index in [0.29, 0.717) is 18.3 Å². The summed E-state index contributed by atoms with van der Waals surface area (Å²) < 4.78 is 0. The van der Waals surface area contributed by atoms with Gasteiger partial charge in [0, 0.05) is 12.5 Å². The van der Waals surface area contributed by atoms with Crippen LogP contribution in [0.3, 0.4) is 0 Å². The SMILES string of the molecule is CC(C)CC(=O)[C@H](O)[C@@H](N)CC1CCCCC1. The third kappa shape index (κ3) is 5.17. The quantitative estimate of drug-likeness (QED) is 0.749. The smallest absolute Gasteiger partial charge is 0.163 e. The van der Waals surface area contributed by atoms with Gasteiger partial charge < -0.3 is 10.8 Å². The number of rotatable bonds is 6. The molecule has 0 aromatic rings. The fraction of sp³-hybridized carbons (Fsp3) is 0.929. The summed E-state index contributed by atoms with van der Waals surface area (Å²) in [5.74, 6) is 0.808. The fourth-order valence-electron chi connectivity index (χ4n) is 2.70. The van der Waals surface area contributed by atoms with Gasteiger partial charge in [-0.15, -0.1) is 0 Å². The molecule has 0 aromatic carbocycles. The van der Waals surface area contributed by atoms with Gasteiger partial charge in [-0.25, -0.2) is 0 Å². The van der Waals surface area contributed by atoms with Crippen molar-refractivity contribution < 1.29 is 9.90 Å². The highest BCUT2D eigenvalue weighted by molar-refractivity contribution is 5.83. The molecule has 0 radical (unpaired) electrons. The van der Waals surface area contributed by atoms with Crippen molar-refractivity contribution in [3.05, 3.63) is 0 Å². The minimum absolute atomic E-state index is 0.0942. The Morgan fingerprint density at radius 3 is 2.41 bits per heavy atom. The molecule has 0 amide bonds. The zero-order chi connectivity index (χ0) is 12.8.